The minimum atomic E-state index is -0.214. The van der Waals surface area contributed by atoms with Crippen molar-refractivity contribution in [3.63, 3.8) is 0 Å². The van der Waals surface area contributed by atoms with Gasteiger partial charge in [0.25, 0.3) is 0 Å². The van der Waals surface area contributed by atoms with Crippen LogP contribution < -0.4 is 37.7 Å². The van der Waals surface area contributed by atoms with Crippen LogP contribution in [0.2, 0.25) is 0 Å². The molecule has 0 aliphatic heterocycles. The van der Waals surface area contributed by atoms with Crippen LogP contribution in [0.4, 0.5) is 0 Å². The predicted molar refractivity (Wildman–Crippen MR) is 199 cm³/mol. The molecule has 4 unspecified atom stereocenters. The summed E-state index contributed by atoms with van der Waals surface area (Å²) in [6.07, 6.45) is 15.9. The molecule has 1 aliphatic rings. The Morgan fingerprint density at radius 3 is 1.54 bits per heavy atom. The fraction of sp³-hybridized carbons (Fsp3) is 0.488. The molecule has 1 aliphatic carbocycles. The molecule has 3 aromatic rings. The van der Waals surface area contributed by atoms with Crippen LogP contribution in [0.25, 0.3) is 6.08 Å². The summed E-state index contributed by atoms with van der Waals surface area (Å²) in [4.78, 5) is 0. The number of aliphatic hydroxyl groups excluding tert-OH is 1. The molecule has 0 bridgehead atoms. The summed E-state index contributed by atoms with van der Waals surface area (Å²) in [6, 6.07) is 31.1. The molecule has 1 fully saturated rings. The third-order valence-electron chi connectivity index (χ3n) is 7.84. The smallest absolute Gasteiger partial charge is 0.393 e. The summed E-state index contributed by atoms with van der Waals surface area (Å²) in [6.45, 7) is 21.0. The summed E-state index contributed by atoms with van der Waals surface area (Å²) in [5, 5.41) is 9.57. The predicted octanol–water partition coefficient (Wildman–Crippen LogP) is 7.03. The van der Waals surface area contributed by atoms with Gasteiger partial charge in [0.05, 0.1) is 6.10 Å². The molecule has 0 saturated heterocycles. The average molecular weight is 613 g/mol. The molecule has 0 amide bonds. The van der Waals surface area contributed by atoms with E-state index in [9.17, 15) is 5.11 Å². The van der Waals surface area contributed by atoms with E-state index in [1.54, 1.807) is 0 Å². The van der Waals surface area contributed by atoms with Gasteiger partial charge in [0.15, 0.2) is 0 Å². The standard InChI is InChI=1S/C15H24O.C12H17.C8H8.C4H8.C4H9.2Li/c1-4-12(2)10-15(11-13(3)16)14-8-6-5-7-9-14;1-3-11(2)9-10-12-7-5-4-6-8-12;1-2-8-6-4-3-5-7-8;1-4-2-3-4;1-3-4-2;;/h5-9,12-13,15-16H,4,10-11H2,1-3H3;4-8,10-11H,3,9H2,1-2H3;2-7H,1H2;4H,2-3H2,1H3;3H,4H2,1-2H3;;/q;-1;;;-1;2*+1. The number of aliphatic hydroxyl groups is 1. The number of benzene rings is 3. The van der Waals surface area contributed by atoms with E-state index in [1.165, 1.54) is 61.6 Å². The second-order valence-electron chi connectivity index (χ2n) is 12.4. The number of rotatable bonds is 12. The molecule has 3 heteroatoms. The fourth-order valence-corrected chi connectivity index (χ4v) is 4.01. The maximum atomic E-state index is 9.57. The van der Waals surface area contributed by atoms with Crippen molar-refractivity contribution >= 4 is 6.08 Å². The normalized spacial score (nSPS) is 13.5. The van der Waals surface area contributed by atoms with Crippen LogP contribution in [0.1, 0.15) is 129 Å². The van der Waals surface area contributed by atoms with Gasteiger partial charge in [-0.2, -0.15) is 37.5 Å². The van der Waals surface area contributed by atoms with Crippen molar-refractivity contribution in [3.8, 4) is 0 Å². The quantitative estimate of drug-likeness (QED) is 0.172. The van der Waals surface area contributed by atoms with Crippen molar-refractivity contribution < 1.29 is 42.8 Å². The van der Waals surface area contributed by atoms with Gasteiger partial charge in [0, 0.05) is 0 Å². The van der Waals surface area contributed by atoms with Crippen LogP contribution in [0.15, 0.2) is 97.6 Å². The summed E-state index contributed by atoms with van der Waals surface area (Å²) >= 11 is 0. The largest absolute Gasteiger partial charge is 1.00 e. The van der Waals surface area contributed by atoms with E-state index in [0.29, 0.717) is 5.92 Å². The van der Waals surface area contributed by atoms with E-state index in [0.717, 1.165) is 24.2 Å². The van der Waals surface area contributed by atoms with Crippen LogP contribution in [-0.4, -0.2) is 11.2 Å². The third-order valence-corrected chi connectivity index (χ3v) is 7.84. The Kier molecular flexibility index (Phi) is 35.4. The van der Waals surface area contributed by atoms with Crippen molar-refractivity contribution in [1.82, 2.24) is 0 Å². The van der Waals surface area contributed by atoms with E-state index in [4.69, 9.17) is 0 Å². The van der Waals surface area contributed by atoms with E-state index in [-0.39, 0.29) is 43.8 Å². The Bertz CT molecular complexity index is 1000. The molecular formula is C43H66Li2O. The SMILES string of the molecule is C=Cc1ccccc1.CC1CC1.CCC(C)CC(CC(C)O)c1ccccc1.CCC(C)C[CH-]c1ccccc1.C[CH-]CC.[Li+].[Li+]. The molecule has 4 atom stereocenters. The molecule has 1 saturated carbocycles. The summed E-state index contributed by atoms with van der Waals surface area (Å²) in [7, 11) is 0. The molecule has 1 N–H and O–H groups in total. The molecule has 0 heterocycles. The Morgan fingerprint density at radius 1 is 0.761 bits per heavy atom. The molecule has 46 heavy (non-hydrogen) atoms. The Morgan fingerprint density at radius 2 is 1.20 bits per heavy atom. The van der Waals surface area contributed by atoms with Crippen LogP contribution in [0.5, 0.6) is 0 Å². The molecule has 3 aromatic carbocycles. The monoisotopic (exact) mass is 613 g/mol. The van der Waals surface area contributed by atoms with Crippen molar-refractivity contribution in [3.05, 3.63) is 127 Å². The van der Waals surface area contributed by atoms with Gasteiger partial charge < -0.3 is 11.5 Å². The Hall–Kier alpha value is -1.58. The van der Waals surface area contributed by atoms with Gasteiger partial charge in [-0.15, -0.1) is 12.1 Å². The second kappa shape index (κ2) is 33.3. The summed E-state index contributed by atoms with van der Waals surface area (Å²) < 4.78 is 0. The van der Waals surface area contributed by atoms with Crippen LogP contribution in [-0.2, 0) is 0 Å². The third kappa shape index (κ3) is 29.8. The van der Waals surface area contributed by atoms with Crippen molar-refractivity contribution in [1.29, 1.82) is 0 Å². The van der Waals surface area contributed by atoms with Gasteiger partial charge in [0.2, 0.25) is 0 Å². The van der Waals surface area contributed by atoms with Crippen LogP contribution >= 0.6 is 0 Å². The van der Waals surface area contributed by atoms with E-state index in [1.807, 2.05) is 49.4 Å². The van der Waals surface area contributed by atoms with Crippen molar-refractivity contribution in [2.45, 2.75) is 119 Å². The fourth-order valence-electron chi connectivity index (χ4n) is 4.01. The molecule has 4 rings (SSSR count). The number of unbranched alkanes of at least 4 members (excludes halogenated alkanes) is 1. The zero-order valence-electron chi connectivity index (χ0n) is 31.6. The zero-order chi connectivity index (χ0) is 33.0. The van der Waals surface area contributed by atoms with Crippen LogP contribution in [0, 0.1) is 30.6 Å². The first kappa shape index (κ1) is 48.8. The van der Waals surface area contributed by atoms with Gasteiger partial charge in [-0.25, -0.2) is 0 Å². The van der Waals surface area contributed by atoms with Gasteiger partial charge in [-0.1, -0.05) is 159 Å². The zero-order valence-corrected chi connectivity index (χ0v) is 31.6. The minimum absolute atomic E-state index is 0. The summed E-state index contributed by atoms with van der Waals surface area (Å²) in [5.74, 6) is 3.12. The first-order valence-electron chi connectivity index (χ1n) is 17.3. The topological polar surface area (TPSA) is 20.2 Å². The number of hydrogen-bond donors (Lipinski definition) is 1. The maximum Gasteiger partial charge on any atom is 1.00 e. The average Bonchev–Trinajstić information content (AvgIpc) is 3.87. The van der Waals surface area contributed by atoms with E-state index >= 15 is 0 Å². The van der Waals surface area contributed by atoms with Gasteiger partial charge in [0.1, 0.15) is 0 Å². The maximum absolute atomic E-state index is 9.57. The minimum Gasteiger partial charge on any atom is -0.393 e. The van der Waals surface area contributed by atoms with Gasteiger partial charge >= 0.3 is 37.7 Å². The van der Waals surface area contributed by atoms with Crippen molar-refractivity contribution in [2.24, 2.45) is 17.8 Å². The van der Waals surface area contributed by atoms with Gasteiger partial charge in [-0.05, 0) is 48.6 Å². The van der Waals surface area contributed by atoms with Crippen LogP contribution in [0.3, 0.4) is 0 Å². The second-order valence-corrected chi connectivity index (χ2v) is 12.4. The Balaban J connectivity index is -0.000000543. The molecule has 0 aromatic heterocycles. The first-order valence-corrected chi connectivity index (χ1v) is 17.3. The summed E-state index contributed by atoms with van der Waals surface area (Å²) in [5.41, 5.74) is 3.88. The molecule has 246 valence electrons. The number of hydrogen-bond acceptors (Lipinski definition) is 1. The first-order chi connectivity index (χ1) is 21.2. The van der Waals surface area contributed by atoms with E-state index < -0.39 is 0 Å². The molecule has 0 spiro atoms. The van der Waals surface area contributed by atoms with E-state index in [2.05, 4.69) is 122 Å². The molecule has 1 nitrogen and oxygen atoms in total. The Labute approximate surface area is 310 Å². The molecule has 0 radical (unpaired) electrons. The van der Waals surface area contributed by atoms with Crippen molar-refractivity contribution in [2.75, 3.05) is 0 Å². The molecular weight excluding hydrogens is 546 g/mol. The van der Waals surface area contributed by atoms with Gasteiger partial charge in [-0.3, -0.25) is 0 Å².